The largest absolute Gasteiger partial charge is 0.487 e. The van der Waals surface area contributed by atoms with Crippen molar-refractivity contribution in [1.82, 2.24) is 0 Å². The quantitative estimate of drug-likeness (QED) is 0.694. The Morgan fingerprint density at radius 2 is 1.94 bits per heavy atom. The summed E-state index contributed by atoms with van der Waals surface area (Å²) in [5.74, 6) is 0.781. The van der Waals surface area contributed by atoms with Crippen molar-refractivity contribution in [2.24, 2.45) is 0 Å². The Morgan fingerprint density at radius 1 is 1.17 bits per heavy atom. The number of ether oxygens (including phenoxy) is 1. The molecule has 0 atom stereocenters. The smallest absolute Gasteiger partial charge is 0.147 e. The number of halogens is 2. The third kappa shape index (κ3) is 3.53. The number of hydrogen-bond acceptors (Lipinski definition) is 2. The molecule has 0 aliphatic heterocycles. The molecule has 0 radical (unpaired) electrons. The first-order chi connectivity index (χ1) is 8.56. The maximum absolute atomic E-state index is 5.82. The van der Waals surface area contributed by atoms with E-state index in [0.717, 1.165) is 30.7 Å². The first-order valence-electron chi connectivity index (χ1n) is 5.42. The van der Waals surface area contributed by atoms with Crippen LogP contribution >= 0.6 is 44.5 Å². The van der Waals surface area contributed by atoms with E-state index < -0.39 is 0 Å². The highest BCUT2D eigenvalue weighted by Gasteiger charge is 2.07. The molecule has 0 aliphatic carbocycles. The Bertz CT molecular complexity index is 546. The third-order valence-corrected chi connectivity index (χ3v) is 3.86. The van der Waals surface area contributed by atoms with E-state index in [1.54, 1.807) is 0 Å². The molecule has 2 aromatic carbocycles. The Balaban J connectivity index is 2.16. The molecule has 0 fully saturated rings. The minimum atomic E-state index is 0.522. The average Bonchev–Trinajstić information content (AvgIpc) is 2.27. The van der Waals surface area contributed by atoms with Gasteiger partial charge in [0.2, 0.25) is 0 Å². The SMILES string of the molecule is Cc1cc(S)c(OCc2cccc(Br)c2)c(Br)c1. The number of benzene rings is 2. The van der Waals surface area contributed by atoms with Crippen molar-refractivity contribution in [1.29, 1.82) is 0 Å². The zero-order valence-corrected chi connectivity index (χ0v) is 13.8. The molecule has 0 heterocycles. The molecule has 4 heteroatoms. The van der Waals surface area contributed by atoms with Gasteiger partial charge in [0.1, 0.15) is 12.4 Å². The van der Waals surface area contributed by atoms with Gasteiger partial charge in [0, 0.05) is 9.37 Å². The molecule has 0 bridgehead atoms. The molecule has 0 aromatic heterocycles. The van der Waals surface area contributed by atoms with Crippen molar-refractivity contribution in [2.75, 3.05) is 0 Å². The number of thiol groups is 1. The van der Waals surface area contributed by atoms with Gasteiger partial charge in [-0.05, 0) is 58.2 Å². The third-order valence-electron chi connectivity index (χ3n) is 2.44. The standard InChI is InChI=1S/C14H12Br2OS/c1-9-5-12(16)14(13(18)6-9)17-8-10-3-2-4-11(15)7-10/h2-7,18H,8H2,1H3. The minimum Gasteiger partial charge on any atom is -0.487 e. The molecule has 2 aromatic rings. The molecule has 94 valence electrons. The predicted octanol–water partition coefficient (Wildman–Crippen LogP) is 5.39. The summed E-state index contributed by atoms with van der Waals surface area (Å²) in [6.45, 7) is 2.55. The van der Waals surface area contributed by atoms with Crippen LogP contribution in [0.5, 0.6) is 5.75 Å². The van der Waals surface area contributed by atoms with E-state index in [9.17, 15) is 0 Å². The summed E-state index contributed by atoms with van der Waals surface area (Å²) in [5, 5.41) is 0. The van der Waals surface area contributed by atoms with E-state index in [1.165, 1.54) is 0 Å². The Labute approximate surface area is 129 Å². The molecule has 0 saturated carbocycles. The highest BCUT2D eigenvalue weighted by molar-refractivity contribution is 9.10. The van der Waals surface area contributed by atoms with Crippen LogP contribution in [0.15, 0.2) is 50.2 Å². The van der Waals surface area contributed by atoms with Crippen LogP contribution in [0.4, 0.5) is 0 Å². The van der Waals surface area contributed by atoms with Crippen LogP contribution in [0.2, 0.25) is 0 Å². The second-order valence-corrected chi connectivity index (χ2v) is 6.27. The number of hydrogen-bond donors (Lipinski definition) is 1. The molecule has 0 unspecified atom stereocenters. The highest BCUT2D eigenvalue weighted by Crippen LogP contribution is 2.33. The van der Waals surface area contributed by atoms with E-state index in [-0.39, 0.29) is 0 Å². The van der Waals surface area contributed by atoms with Crippen LogP contribution in [0.25, 0.3) is 0 Å². The summed E-state index contributed by atoms with van der Waals surface area (Å²) < 4.78 is 7.81. The summed E-state index contributed by atoms with van der Waals surface area (Å²) in [4.78, 5) is 0.844. The Hall–Kier alpha value is -0.450. The molecule has 0 spiro atoms. The molecular formula is C14H12Br2OS. The molecule has 0 aliphatic rings. The highest BCUT2D eigenvalue weighted by atomic mass is 79.9. The van der Waals surface area contributed by atoms with Crippen LogP contribution in [0.1, 0.15) is 11.1 Å². The molecular weight excluding hydrogens is 376 g/mol. The van der Waals surface area contributed by atoms with Crippen LogP contribution in [-0.4, -0.2) is 0 Å². The van der Waals surface area contributed by atoms with Crippen LogP contribution in [0.3, 0.4) is 0 Å². The van der Waals surface area contributed by atoms with E-state index in [4.69, 9.17) is 4.74 Å². The normalized spacial score (nSPS) is 10.4. The van der Waals surface area contributed by atoms with Gasteiger partial charge in [0.05, 0.1) is 4.47 Å². The molecule has 0 N–H and O–H groups in total. The van der Waals surface area contributed by atoms with Gasteiger partial charge in [-0.3, -0.25) is 0 Å². The van der Waals surface area contributed by atoms with Gasteiger partial charge in [-0.25, -0.2) is 0 Å². The van der Waals surface area contributed by atoms with E-state index >= 15 is 0 Å². The van der Waals surface area contributed by atoms with Gasteiger partial charge in [-0.15, -0.1) is 12.6 Å². The van der Waals surface area contributed by atoms with Crippen molar-refractivity contribution in [2.45, 2.75) is 18.4 Å². The van der Waals surface area contributed by atoms with E-state index in [1.807, 2.05) is 43.3 Å². The van der Waals surface area contributed by atoms with Gasteiger partial charge >= 0.3 is 0 Å². The van der Waals surface area contributed by atoms with Crippen molar-refractivity contribution >= 4 is 44.5 Å². The van der Waals surface area contributed by atoms with Crippen LogP contribution in [0, 0.1) is 6.92 Å². The lowest BCUT2D eigenvalue weighted by atomic mass is 10.2. The van der Waals surface area contributed by atoms with E-state index in [2.05, 4.69) is 44.5 Å². The topological polar surface area (TPSA) is 9.23 Å². The van der Waals surface area contributed by atoms with Crippen molar-refractivity contribution in [3.05, 3.63) is 56.5 Å². The molecule has 18 heavy (non-hydrogen) atoms. The summed E-state index contributed by atoms with van der Waals surface area (Å²) in [6.07, 6.45) is 0. The predicted molar refractivity (Wildman–Crippen MR) is 84.6 cm³/mol. The fourth-order valence-corrected chi connectivity index (χ4v) is 3.31. The lowest BCUT2D eigenvalue weighted by Gasteiger charge is -2.11. The van der Waals surface area contributed by atoms with Gasteiger partial charge < -0.3 is 4.74 Å². The zero-order valence-electron chi connectivity index (χ0n) is 9.78. The zero-order chi connectivity index (χ0) is 13.1. The lowest BCUT2D eigenvalue weighted by molar-refractivity contribution is 0.297. The van der Waals surface area contributed by atoms with E-state index in [0.29, 0.717) is 6.61 Å². The van der Waals surface area contributed by atoms with Gasteiger partial charge in [0.25, 0.3) is 0 Å². The second kappa shape index (κ2) is 6.13. The first kappa shape index (κ1) is 14.0. The minimum absolute atomic E-state index is 0.522. The fraction of sp³-hybridized carbons (Fsp3) is 0.143. The van der Waals surface area contributed by atoms with Crippen molar-refractivity contribution in [3.63, 3.8) is 0 Å². The Kier molecular flexibility index (Phi) is 4.76. The number of aryl methyl sites for hydroxylation is 1. The average molecular weight is 388 g/mol. The maximum atomic E-state index is 5.82. The molecule has 1 nitrogen and oxygen atoms in total. The van der Waals surface area contributed by atoms with Gasteiger partial charge in [0.15, 0.2) is 0 Å². The fourth-order valence-electron chi connectivity index (χ4n) is 1.64. The molecule has 2 rings (SSSR count). The molecule has 0 amide bonds. The lowest BCUT2D eigenvalue weighted by Crippen LogP contribution is -1.97. The summed E-state index contributed by atoms with van der Waals surface area (Å²) in [7, 11) is 0. The van der Waals surface area contributed by atoms with Crippen LogP contribution < -0.4 is 4.74 Å². The van der Waals surface area contributed by atoms with Crippen LogP contribution in [-0.2, 0) is 6.61 Å². The molecule has 0 saturated heterocycles. The second-order valence-electron chi connectivity index (χ2n) is 4.01. The van der Waals surface area contributed by atoms with Crippen molar-refractivity contribution < 1.29 is 4.74 Å². The summed E-state index contributed by atoms with van der Waals surface area (Å²) >= 11 is 11.4. The van der Waals surface area contributed by atoms with Crippen molar-refractivity contribution in [3.8, 4) is 5.75 Å². The monoisotopic (exact) mass is 386 g/mol. The maximum Gasteiger partial charge on any atom is 0.147 e. The summed E-state index contributed by atoms with van der Waals surface area (Å²) in [5.41, 5.74) is 2.27. The van der Waals surface area contributed by atoms with Gasteiger partial charge in [-0.1, -0.05) is 28.1 Å². The van der Waals surface area contributed by atoms with Gasteiger partial charge in [-0.2, -0.15) is 0 Å². The number of rotatable bonds is 3. The Morgan fingerprint density at radius 3 is 2.61 bits per heavy atom. The first-order valence-corrected chi connectivity index (χ1v) is 7.46. The summed E-state index contributed by atoms with van der Waals surface area (Å²) in [6, 6.07) is 12.1.